The summed E-state index contributed by atoms with van der Waals surface area (Å²) < 4.78 is 0. The van der Waals surface area contributed by atoms with Crippen LogP contribution in [-0.2, 0) is 0 Å². The van der Waals surface area contributed by atoms with E-state index in [0.717, 1.165) is 6.42 Å². The Labute approximate surface area is 78.5 Å². The van der Waals surface area contributed by atoms with Crippen LogP contribution >= 0.6 is 7.55 Å². The van der Waals surface area contributed by atoms with Gasteiger partial charge >= 0.3 is 0 Å². The van der Waals surface area contributed by atoms with Crippen molar-refractivity contribution in [1.82, 2.24) is 0 Å². The number of hydrogen-bond donors (Lipinski definition) is 0. The van der Waals surface area contributed by atoms with Crippen molar-refractivity contribution in [3.05, 3.63) is 12.2 Å². The molecule has 0 bridgehead atoms. The van der Waals surface area contributed by atoms with E-state index in [-0.39, 0.29) is 7.55 Å². The highest BCUT2D eigenvalue weighted by atomic mass is 31.1. The van der Waals surface area contributed by atoms with Crippen LogP contribution in [0.1, 0.15) is 34.1 Å². The SMILES string of the molecule is C=C(C)CC(C)(C)C[P+](=C)CC. The Balaban J connectivity index is 4.03. The molecule has 1 heteroatoms. The lowest BCUT2D eigenvalue weighted by Gasteiger charge is -2.20. The van der Waals surface area contributed by atoms with E-state index in [1.807, 2.05) is 0 Å². The third kappa shape index (κ3) is 5.55. The molecule has 70 valence electrons. The van der Waals surface area contributed by atoms with Gasteiger partial charge in [-0.2, -0.15) is 0 Å². The molecule has 0 saturated carbocycles. The maximum absolute atomic E-state index is 4.18. The third-order valence-corrected chi connectivity index (χ3v) is 4.08. The molecule has 0 aromatic heterocycles. The fourth-order valence-electron chi connectivity index (χ4n) is 1.59. The largest absolute Gasteiger partial charge is 0.111 e. The summed E-state index contributed by atoms with van der Waals surface area (Å²) in [5.41, 5.74) is 1.70. The monoisotopic (exact) mass is 185 g/mol. The van der Waals surface area contributed by atoms with E-state index in [4.69, 9.17) is 0 Å². The van der Waals surface area contributed by atoms with Crippen molar-refractivity contribution in [2.75, 3.05) is 12.3 Å². The van der Waals surface area contributed by atoms with Gasteiger partial charge in [0.25, 0.3) is 0 Å². The van der Waals surface area contributed by atoms with E-state index in [1.165, 1.54) is 17.9 Å². The normalized spacial score (nSPS) is 12.8. The van der Waals surface area contributed by atoms with Crippen LogP contribution in [-0.4, -0.2) is 18.6 Å². The fourth-order valence-corrected chi connectivity index (χ4v) is 3.14. The van der Waals surface area contributed by atoms with Crippen LogP contribution in [0.4, 0.5) is 0 Å². The zero-order valence-electron chi connectivity index (χ0n) is 8.98. The zero-order chi connectivity index (χ0) is 9.78. The van der Waals surface area contributed by atoms with Gasteiger partial charge in [0.2, 0.25) is 0 Å². The van der Waals surface area contributed by atoms with Crippen molar-refractivity contribution in [2.24, 2.45) is 5.41 Å². The molecule has 0 heterocycles. The molecule has 0 aliphatic rings. The third-order valence-electron chi connectivity index (χ3n) is 1.88. The van der Waals surface area contributed by atoms with Crippen LogP contribution in [0, 0.1) is 5.41 Å². The van der Waals surface area contributed by atoms with Gasteiger partial charge in [-0.25, -0.2) is 0 Å². The minimum absolute atomic E-state index is 0.0119. The number of allylic oxidation sites excluding steroid dienone is 1. The van der Waals surface area contributed by atoms with Gasteiger partial charge in [-0.3, -0.25) is 0 Å². The summed E-state index contributed by atoms with van der Waals surface area (Å²) in [7, 11) is 0.0119. The zero-order valence-corrected chi connectivity index (χ0v) is 9.88. The molecular weight excluding hydrogens is 163 g/mol. The second-order valence-corrected chi connectivity index (χ2v) is 6.73. The molecule has 0 saturated heterocycles. The first-order valence-electron chi connectivity index (χ1n) is 4.57. The Morgan fingerprint density at radius 1 is 1.42 bits per heavy atom. The standard InChI is InChI=1S/C11H22P/c1-7-12(6)9-11(4,5)8-10(2)3/h2,6-9H2,1,3-5H3/q+1. The van der Waals surface area contributed by atoms with E-state index in [1.54, 1.807) is 0 Å². The summed E-state index contributed by atoms with van der Waals surface area (Å²) in [5, 5.41) is 0. The van der Waals surface area contributed by atoms with Crippen molar-refractivity contribution in [1.29, 1.82) is 0 Å². The predicted molar refractivity (Wildman–Crippen MR) is 62.7 cm³/mol. The molecule has 1 atom stereocenters. The second kappa shape index (κ2) is 4.82. The first-order chi connectivity index (χ1) is 5.37. The Hall–Kier alpha value is -0.0900. The summed E-state index contributed by atoms with van der Waals surface area (Å²) >= 11 is 0. The average molecular weight is 185 g/mol. The quantitative estimate of drug-likeness (QED) is 0.450. The van der Waals surface area contributed by atoms with Gasteiger partial charge in [0.15, 0.2) is 0 Å². The molecule has 1 unspecified atom stereocenters. The van der Waals surface area contributed by atoms with Crippen LogP contribution in [0.2, 0.25) is 0 Å². The number of rotatable bonds is 5. The lowest BCUT2D eigenvalue weighted by molar-refractivity contribution is 0.418. The fraction of sp³-hybridized carbons (Fsp3) is 0.727. The van der Waals surface area contributed by atoms with E-state index < -0.39 is 0 Å². The first-order valence-corrected chi connectivity index (χ1v) is 6.47. The molecule has 0 nitrogen and oxygen atoms in total. The lowest BCUT2D eigenvalue weighted by Crippen LogP contribution is -2.15. The van der Waals surface area contributed by atoms with Crippen LogP contribution < -0.4 is 0 Å². The van der Waals surface area contributed by atoms with Gasteiger partial charge in [0.05, 0.1) is 13.8 Å². The molecule has 0 aromatic rings. The molecule has 0 spiro atoms. The van der Waals surface area contributed by atoms with Crippen LogP contribution in [0.3, 0.4) is 0 Å². The molecule has 12 heavy (non-hydrogen) atoms. The summed E-state index contributed by atoms with van der Waals surface area (Å²) in [5.74, 6) is 0. The number of hydrogen-bond acceptors (Lipinski definition) is 0. The molecule has 0 amide bonds. The van der Waals surface area contributed by atoms with Crippen molar-refractivity contribution in [3.8, 4) is 0 Å². The van der Waals surface area contributed by atoms with E-state index in [2.05, 4.69) is 40.6 Å². The van der Waals surface area contributed by atoms with Gasteiger partial charge in [-0.1, -0.05) is 19.4 Å². The van der Waals surface area contributed by atoms with Crippen LogP contribution in [0.15, 0.2) is 12.2 Å². The van der Waals surface area contributed by atoms with E-state index in [0.29, 0.717) is 5.41 Å². The summed E-state index contributed by atoms with van der Waals surface area (Å²) in [6.07, 6.45) is 7.84. The van der Waals surface area contributed by atoms with Gasteiger partial charge in [0, 0.05) is 5.41 Å². The Kier molecular flexibility index (Phi) is 4.78. The van der Waals surface area contributed by atoms with Crippen molar-refractivity contribution in [3.63, 3.8) is 0 Å². The van der Waals surface area contributed by atoms with Gasteiger partial charge in [-0.05, 0) is 20.3 Å². The van der Waals surface area contributed by atoms with Crippen LogP contribution in [0.5, 0.6) is 0 Å². The maximum atomic E-state index is 4.18. The van der Waals surface area contributed by atoms with Gasteiger partial charge < -0.3 is 0 Å². The summed E-state index contributed by atoms with van der Waals surface area (Å²) in [6.45, 7) is 12.9. The predicted octanol–water partition coefficient (Wildman–Crippen LogP) is 3.91. The molecule has 0 aliphatic carbocycles. The Bertz CT molecular complexity index is 177. The summed E-state index contributed by atoms with van der Waals surface area (Å²) in [4.78, 5) is 0. The highest BCUT2D eigenvalue weighted by Crippen LogP contribution is 2.34. The smallest absolute Gasteiger partial charge is 0.100 e. The second-order valence-electron chi connectivity index (χ2n) is 4.44. The molecule has 0 aromatic carbocycles. The minimum Gasteiger partial charge on any atom is -0.100 e. The minimum atomic E-state index is 0.0119. The van der Waals surface area contributed by atoms with Gasteiger partial charge in [-0.15, -0.1) is 6.58 Å². The van der Waals surface area contributed by atoms with Crippen molar-refractivity contribution in [2.45, 2.75) is 34.1 Å². The molecular formula is C11H22P+. The molecule has 0 radical (unpaired) electrons. The van der Waals surface area contributed by atoms with E-state index >= 15 is 0 Å². The van der Waals surface area contributed by atoms with Gasteiger partial charge in [0.1, 0.15) is 12.3 Å². The average Bonchev–Trinajstić information content (AvgIpc) is 1.83. The Morgan fingerprint density at radius 2 is 1.92 bits per heavy atom. The lowest BCUT2D eigenvalue weighted by atomic mass is 9.89. The molecule has 0 rings (SSSR count). The highest BCUT2D eigenvalue weighted by molar-refractivity contribution is 7.55. The van der Waals surface area contributed by atoms with E-state index in [9.17, 15) is 0 Å². The van der Waals surface area contributed by atoms with Crippen LogP contribution in [0.25, 0.3) is 0 Å². The highest BCUT2D eigenvalue weighted by Gasteiger charge is 2.23. The van der Waals surface area contributed by atoms with Crippen molar-refractivity contribution >= 4 is 13.8 Å². The first kappa shape index (κ1) is 11.9. The van der Waals surface area contributed by atoms with Crippen molar-refractivity contribution < 1.29 is 0 Å². The molecule has 0 aliphatic heterocycles. The summed E-state index contributed by atoms with van der Waals surface area (Å²) in [6, 6.07) is 0. The topological polar surface area (TPSA) is 0 Å². The molecule has 0 fully saturated rings. The maximum Gasteiger partial charge on any atom is 0.111 e. The Morgan fingerprint density at radius 3 is 2.25 bits per heavy atom. The molecule has 0 N–H and O–H groups in total.